The molecule has 1 atom stereocenters. The zero-order chi connectivity index (χ0) is 10.2. The van der Waals surface area contributed by atoms with E-state index in [4.69, 9.17) is 5.73 Å². The molecule has 1 heterocycles. The molecule has 0 aliphatic heterocycles. The summed E-state index contributed by atoms with van der Waals surface area (Å²) in [6, 6.07) is 4.20. The van der Waals surface area contributed by atoms with E-state index in [1.54, 1.807) is 18.6 Å². The van der Waals surface area contributed by atoms with Crippen molar-refractivity contribution in [2.45, 2.75) is 18.9 Å². The molecule has 1 rings (SSSR count). The number of nitrogens with two attached hydrogens (primary N) is 1. The SMILES string of the molecule is C=CNCCC(N)Cc1ccncc1. The van der Waals surface area contributed by atoms with E-state index >= 15 is 0 Å². The first-order valence-electron chi connectivity index (χ1n) is 4.81. The van der Waals surface area contributed by atoms with Crippen LogP contribution in [0.25, 0.3) is 0 Å². The maximum atomic E-state index is 5.95. The van der Waals surface area contributed by atoms with Gasteiger partial charge < -0.3 is 11.1 Å². The molecule has 0 aliphatic rings. The van der Waals surface area contributed by atoms with Crippen molar-refractivity contribution in [3.05, 3.63) is 42.9 Å². The third kappa shape index (κ3) is 4.05. The molecule has 0 amide bonds. The topological polar surface area (TPSA) is 50.9 Å². The average molecular weight is 191 g/mol. The molecule has 0 bridgehead atoms. The second-order valence-electron chi connectivity index (χ2n) is 3.27. The Hall–Kier alpha value is -1.35. The third-order valence-electron chi connectivity index (χ3n) is 2.05. The molecule has 0 spiro atoms. The highest BCUT2D eigenvalue weighted by Crippen LogP contribution is 2.01. The van der Waals surface area contributed by atoms with Crippen LogP contribution in [0.3, 0.4) is 0 Å². The van der Waals surface area contributed by atoms with E-state index in [-0.39, 0.29) is 6.04 Å². The van der Waals surface area contributed by atoms with Gasteiger partial charge in [0.2, 0.25) is 0 Å². The Labute approximate surface area is 85.0 Å². The molecule has 0 aromatic carbocycles. The lowest BCUT2D eigenvalue weighted by Gasteiger charge is -2.10. The Bertz CT molecular complexity index is 258. The lowest BCUT2D eigenvalue weighted by Crippen LogP contribution is -2.26. The summed E-state index contributed by atoms with van der Waals surface area (Å²) in [6.45, 7) is 4.47. The lowest BCUT2D eigenvalue weighted by atomic mass is 10.1. The monoisotopic (exact) mass is 191 g/mol. The van der Waals surface area contributed by atoms with Crippen LogP contribution in [-0.4, -0.2) is 17.6 Å². The first-order valence-corrected chi connectivity index (χ1v) is 4.81. The summed E-state index contributed by atoms with van der Waals surface area (Å²) in [5.74, 6) is 0. The molecule has 0 radical (unpaired) electrons. The van der Waals surface area contributed by atoms with Crippen LogP contribution in [0.1, 0.15) is 12.0 Å². The van der Waals surface area contributed by atoms with Crippen molar-refractivity contribution in [1.29, 1.82) is 0 Å². The van der Waals surface area contributed by atoms with E-state index in [9.17, 15) is 0 Å². The van der Waals surface area contributed by atoms with E-state index in [0.29, 0.717) is 0 Å². The molecule has 1 unspecified atom stereocenters. The minimum Gasteiger partial charge on any atom is -0.391 e. The number of pyridine rings is 1. The molecule has 14 heavy (non-hydrogen) atoms. The smallest absolute Gasteiger partial charge is 0.0270 e. The van der Waals surface area contributed by atoms with Crippen LogP contribution in [0, 0.1) is 0 Å². The van der Waals surface area contributed by atoms with Gasteiger partial charge in [-0.15, -0.1) is 0 Å². The minimum absolute atomic E-state index is 0.199. The van der Waals surface area contributed by atoms with Crippen molar-refractivity contribution in [2.24, 2.45) is 5.73 Å². The number of hydrogen-bond acceptors (Lipinski definition) is 3. The van der Waals surface area contributed by atoms with Gasteiger partial charge in [0.25, 0.3) is 0 Å². The van der Waals surface area contributed by atoms with Crippen LogP contribution in [0.4, 0.5) is 0 Å². The molecule has 3 N–H and O–H groups in total. The molecular weight excluding hydrogens is 174 g/mol. The number of nitrogens with zero attached hydrogens (tertiary/aromatic N) is 1. The summed E-state index contributed by atoms with van der Waals surface area (Å²) in [5, 5.41) is 3.04. The molecule has 1 aromatic heterocycles. The Morgan fingerprint density at radius 2 is 2.21 bits per heavy atom. The van der Waals surface area contributed by atoms with Gasteiger partial charge in [-0.3, -0.25) is 4.98 Å². The van der Waals surface area contributed by atoms with Crippen molar-refractivity contribution in [3.8, 4) is 0 Å². The third-order valence-corrected chi connectivity index (χ3v) is 2.05. The van der Waals surface area contributed by atoms with Crippen molar-refractivity contribution >= 4 is 0 Å². The van der Waals surface area contributed by atoms with Crippen molar-refractivity contribution < 1.29 is 0 Å². The Balaban J connectivity index is 2.26. The number of aromatic nitrogens is 1. The highest BCUT2D eigenvalue weighted by Gasteiger charge is 2.02. The quantitative estimate of drug-likeness (QED) is 0.661. The molecule has 0 fully saturated rings. The van der Waals surface area contributed by atoms with Crippen LogP contribution < -0.4 is 11.1 Å². The van der Waals surface area contributed by atoms with Crippen LogP contribution in [0.2, 0.25) is 0 Å². The zero-order valence-electron chi connectivity index (χ0n) is 8.32. The van der Waals surface area contributed by atoms with Gasteiger partial charge in [0.15, 0.2) is 0 Å². The molecule has 0 aliphatic carbocycles. The van der Waals surface area contributed by atoms with Crippen LogP contribution in [0.5, 0.6) is 0 Å². The second kappa shape index (κ2) is 6.16. The van der Waals surface area contributed by atoms with Gasteiger partial charge in [-0.25, -0.2) is 0 Å². The Morgan fingerprint density at radius 3 is 2.86 bits per heavy atom. The molecule has 0 saturated heterocycles. The van der Waals surface area contributed by atoms with Crippen LogP contribution >= 0.6 is 0 Å². The molecule has 3 heteroatoms. The first-order chi connectivity index (χ1) is 6.83. The Kier molecular flexibility index (Phi) is 4.72. The van der Waals surface area contributed by atoms with Gasteiger partial charge >= 0.3 is 0 Å². The predicted octanol–water partition coefficient (Wildman–Crippen LogP) is 1.07. The number of rotatable bonds is 6. The number of nitrogens with one attached hydrogen (secondary N) is 1. The van der Waals surface area contributed by atoms with E-state index in [2.05, 4.69) is 16.9 Å². The van der Waals surface area contributed by atoms with E-state index in [0.717, 1.165) is 19.4 Å². The zero-order valence-corrected chi connectivity index (χ0v) is 8.32. The minimum atomic E-state index is 0.199. The fourth-order valence-corrected chi connectivity index (χ4v) is 1.29. The average Bonchev–Trinajstić information content (AvgIpc) is 2.20. The second-order valence-corrected chi connectivity index (χ2v) is 3.27. The number of hydrogen-bond donors (Lipinski definition) is 2. The van der Waals surface area contributed by atoms with Crippen molar-refractivity contribution in [1.82, 2.24) is 10.3 Å². The normalized spacial score (nSPS) is 12.1. The van der Waals surface area contributed by atoms with Gasteiger partial charge in [0.1, 0.15) is 0 Å². The van der Waals surface area contributed by atoms with E-state index in [1.807, 2.05) is 12.1 Å². The van der Waals surface area contributed by atoms with Crippen LogP contribution in [0.15, 0.2) is 37.3 Å². The highest BCUT2D eigenvalue weighted by molar-refractivity contribution is 5.11. The summed E-state index contributed by atoms with van der Waals surface area (Å²) in [5.41, 5.74) is 7.19. The maximum absolute atomic E-state index is 5.95. The van der Waals surface area contributed by atoms with E-state index < -0.39 is 0 Å². The van der Waals surface area contributed by atoms with Crippen molar-refractivity contribution in [3.63, 3.8) is 0 Å². The van der Waals surface area contributed by atoms with Gasteiger partial charge in [-0.2, -0.15) is 0 Å². The Morgan fingerprint density at radius 1 is 1.50 bits per heavy atom. The lowest BCUT2D eigenvalue weighted by molar-refractivity contribution is 0.594. The van der Waals surface area contributed by atoms with Gasteiger partial charge in [0.05, 0.1) is 0 Å². The molecular formula is C11H17N3. The largest absolute Gasteiger partial charge is 0.391 e. The maximum Gasteiger partial charge on any atom is 0.0270 e. The summed E-state index contributed by atoms with van der Waals surface area (Å²) in [4.78, 5) is 3.96. The van der Waals surface area contributed by atoms with Gasteiger partial charge in [-0.1, -0.05) is 6.58 Å². The van der Waals surface area contributed by atoms with E-state index in [1.165, 1.54) is 5.56 Å². The summed E-state index contributed by atoms with van der Waals surface area (Å²) >= 11 is 0. The first kappa shape index (κ1) is 10.7. The fraction of sp³-hybridized carbons (Fsp3) is 0.364. The van der Waals surface area contributed by atoms with Gasteiger partial charge in [-0.05, 0) is 36.7 Å². The molecule has 1 aromatic rings. The predicted molar refractivity (Wildman–Crippen MR) is 58.7 cm³/mol. The highest BCUT2D eigenvalue weighted by atomic mass is 14.8. The molecule has 0 saturated carbocycles. The van der Waals surface area contributed by atoms with Crippen LogP contribution in [-0.2, 0) is 6.42 Å². The molecule has 3 nitrogen and oxygen atoms in total. The summed E-state index contributed by atoms with van der Waals surface area (Å²) in [6.07, 6.45) is 7.14. The fourth-order valence-electron chi connectivity index (χ4n) is 1.29. The molecule has 76 valence electrons. The standard InChI is InChI=1S/C11H17N3/c1-2-13-8-5-11(12)9-10-3-6-14-7-4-10/h2-4,6-7,11,13H,1,5,8-9,12H2. The van der Waals surface area contributed by atoms with Crippen molar-refractivity contribution in [2.75, 3.05) is 6.54 Å². The summed E-state index contributed by atoms with van der Waals surface area (Å²) < 4.78 is 0. The summed E-state index contributed by atoms with van der Waals surface area (Å²) in [7, 11) is 0. The van der Waals surface area contributed by atoms with Gasteiger partial charge in [0, 0.05) is 25.0 Å².